The third-order valence-electron chi connectivity index (χ3n) is 2.99. The topological polar surface area (TPSA) is 43.4 Å². The van der Waals surface area contributed by atoms with Crippen LogP contribution in [-0.2, 0) is 14.3 Å². The summed E-state index contributed by atoms with van der Waals surface area (Å²) in [6, 6.07) is 0. The lowest BCUT2D eigenvalue weighted by atomic mass is 9.81. The smallest absolute Gasteiger partial charge is 0.264 e. The maximum Gasteiger partial charge on any atom is 0.264 e. The van der Waals surface area contributed by atoms with Gasteiger partial charge in [0.15, 0.2) is 0 Å². The molecular weight excluding hydrogens is 200 g/mol. The van der Waals surface area contributed by atoms with Crippen molar-refractivity contribution >= 4 is 10.1 Å². The van der Waals surface area contributed by atoms with Crippen LogP contribution >= 0.6 is 0 Å². The minimum Gasteiger partial charge on any atom is -0.270 e. The second kappa shape index (κ2) is 5.12. The Balaban J connectivity index is 2.31. The Kier molecular flexibility index (Phi) is 4.38. The fourth-order valence-corrected chi connectivity index (χ4v) is 2.58. The van der Waals surface area contributed by atoms with Crippen molar-refractivity contribution in [2.24, 2.45) is 11.8 Å². The van der Waals surface area contributed by atoms with Crippen LogP contribution in [0.2, 0.25) is 0 Å². The number of hydrogen-bond acceptors (Lipinski definition) is 3. The third-order valence-corrected chi connectivity index (χ3v) is 3.55. The second-order valence-electron chi connectivity index (χ2n) is 4.30. The van der Waals surface area contributed by atoms with Gasteiger partial charge in [-0.15, -0.1) is 0 Å². The quantitative estimate of drug-likeness (QED) is 0.682. The average Bonchev–Trinajstić information content (AvgIpc) is 2.14. The molecule has 0 saturated heterocycles. The largest absolute Gasteiger partial charge is 0.270 e. The van der Waals surface area contributed by atoms with Crippen LogP contribution in [0, 0.1) is 11.8 Å². The van der Waals surface area contributed by atoms with Gasteiger partial charge in [-0.05, 0) is 24.7 Å². The first-order valence-corrected chi connectivity index (χ1v) is 7.17. The molecule has 0 heterocycles. The maximum atomic E-state index is 10.8. The Bertz CT molecular complexity index is 259. The van der Waals surface area contributed by atoms with Gasteiger partial charge < -0.3 is 0 Å². The lowest BCUT2D eigenvalue weighted by Gasteiger charge is -2.27. The second-order valence-corrected chi connectivity index (χ2v) is 5.94. The first-order chi connectivity index (χ1) is 6.51. The summed E-state index contributed by atoms with van der Waals surface area (Å²) in [6.45, 7) is 2.58. The van der Waals surface area contributed by atoms with Crippen LogP contribution in [-0.4, -0.2) is 21.3 Å². The SMILES string of the molecule is CC[C@H]1CCC[C@H](COS(C)(=O)=O)C1. The standard InChI is InChI=1S/C10H20O3S/c1-3-9-5-4-6-10(7-9)8-13-14(2,11)12/h9-10H,3-8H2,1-2H3/t9-,10-/m0/s1. The van der Waals surface area contributed by atoms with Crippen LogP contribution in [0.25, 0.3) is 0 Å². The van der Waals surface area contributed by atoms with Crippen molar-refractivity contribution in [3.8, 4) is 0 Å². The van der Waals surface area contributed by atoms with Gasteiger partial charge >= 0.3 is 0 Å². The summed E-state index contributed by atoms with van der Waals surface area (Å²) in [5.41, 5.74) is 0. The predicted molar refractivity (Wildman–Crippen MR) is 56.5 cm³/mol. The van der Waals surface area contributed by atoms with Gasteiger partial charge in [0.25, 0.3) is 10.1 Å². The highest BCUT2D eigenvalue weighted by molar-refractivity contribution is 7.85. The van der Waals surface area contributed by atoms with Gasteiger partial charge in [0, 0.05) is 0 Å². The molecule has 0 aliphatic heterocycles. The molecule has 0 spiro atoms. The van der Waals surface area contributed by atoms with Gasteiger partial charge in [-0.3, -0.25) is 4.18 Å². The number of rotatable bonds is 4. The van der Waals surface area contributed by atoms with E-state index in [0.717, 1.165) is 25.0 Å². The van der Waals surface area contributed by atoms with E-state index in [1.807, 2.05) is 0 Å². The highest BCUT2D eigenvalue weighted by atomic mass is 32.2. The van der Waals surface area contributed by atoms with E-state index in [2.05, 4.69) is 6.92 Å². The molecule has 14 heavy (non-hydrogen) atoms. The zero-order valence-electron chi connectivity index (χ0n) is 9.03. The van der Waals surface area contributed by atoms with Crippen LogP contribution in [0.4, 0.5) is 0 Å². The molecule has 0 aromatic heterocycles. The number of hydrogen-bond donors (Lipinski definition) is 0. The van der Waals surface area contributed by atoms with E-state index < -0.39 is 10.1 Å². The third kappa shape index (κ3) is 4.42. The normalized spacial score (nSPS) is 29.0. The van der Waals surface area contributed by atoms with Crippen molar-refractivity contribution in [1.82, 2.24) is 0 Å². The molecule has 0 N–H and O–H groups in total. The molecule has 0 bridgehead atoms. The van der Waals surface area contributed by atoms with Crippen LogP contribution in [0.15, 0.2) is 0 Å². The zero-order valence-corrected chi connectivity index (χ0v) is 9.85. The Morgan fingerprint density at radius 1 is 1.29 bits per heavy atom. The van der Waals surface area contributed by atoms with Crippen molar-refractivity contribution in [1.29, 1.82) is 0 Å². The van der Waals surface area contributed by atoms with Gasteiger partial charge in [0.05, 0.1) is 12.9 Å². The van der Waals surface area contributed by atoms with Crippen LogP contribution in [0.3, 0.4) is 0 Å². The molecule has 3 nitrogen and oxygen atoms in total. The average molecular weight is 220 g/mol. The Morgan fingerprint density at radius 2 is 1.93 bits per heavy atom. The lowest BCUT2D eigenvalue weighted by Crippen LogP contribution is -2.20. The summed E-state index contributed by atoms with van der Waals surface area (Å²) in [6.07, 6.45) is 7.09. The molecule has 0 aromatic rings. The van der Waals surface area contributed by atoms with E-state index >= 15 is 0 Å². The monoisotopic (exact) mass is 220 g/mol. The first kappa shape index (κ1) is 12.0. The lowest BCUT2D eigenvalue weighted by molar-refractivity contribution is 0.178. The molecule has 1 saturated carbocycles. The molecule has 0 unspecified atom stereocenters. The summed E-state index contributed by atoms with van der Waals surface area (Å²) in [7, 11) is -3.25. The minimum absolute atomic E-state index is 0.384. The molecule has 4 heteroatoms. The molecule has 84 valence electrons. The molecule has 1 aliphatic rings. The Hall–Kier alpha value is -0.0900. The molecular formula is C10H20O3S. The van der Waals surface area contributed by atoms with E-state index in [9.17, 15) is 8.42 Å². The van der Waals surface area contributed by atoms with Crippen molar-refractivity contribution < 1.29 is 12.6 Å². The van der Waals surface area contributed by atoms with Crippen LogP contribution in [0.1, 0.15) is 39.0 Å². The van der Waals surface area contributed by atoms with E-state index in [1.54, 1.807) is 0 Å². The van der Waals surface area contributed by atoms with Crippen LogP contribution in [0.5, 0.6) is 0 Å². The predicted octanol–water partition coefficient (Wildman–Crippen LogP) is 2.18. The summed E-state index contributed by atoms with van der Waals surface area (Å²) < 4.78 is 26.4. The maximum absolute atomic E-state index is 10.8. The Morgan fingerprint density at radius 3 is 2.50 bits per heavy atom. The van der Waals surface area contributed by atoms with Gasteiger partial charge in [0.2, 0.25) is 0 Å². The highest BCUT2D eigenvalue weighted by Crippen LogP contribution is 2.31. The van der Waals surface area contributed by atoms with Crippen molar-refractivity contribution in [3.05, 3.63) is 0 Å². The van der Waals surface area contributed by atoms with Gasteiger partial charge in [-0.25, -0.2) is 0 Å². The van der Waals surface area contributed by atoms with E-state index in [-0.39, 0.29) is 0 Å². The van der Waals surface area contributed by atoms with E-state index in [0.29, 0.717) is 12.5 Å². The highest BCUT2D eigenvalue weighted by Gasteiger charge is 2.21. The van der Waals surface area contributed by atoms with Crippen molar-refractivity contribution in [2.75, 3.05) is 12.9 Å². The molecule has 2 atom stereocenters. The molecule has 0 radical (unpaired) electrons. The molecule has 1 fully saturated rings. The van der Waals surface area contributed by atoms with Gasteiger partial charge in [-0.2, -0.15) is 8.42 Å². The fraction of sp³-hybridized carbons (Fsp3) is 1.00. The summed E-state index contributed by atoms with van der Waals surface area (Å²) in [5.74, 6) is 1.22. The fourth-order valence-electron chi connectivity index (χ4n) is 2.14. The van der Waals surface area contributed by atoms with Gasteiger partial charge in [-0.1, -0.05) is 26.2 Å². The summed E-state index contributed by atoms with van der Waals surface area (Å²) in [5, 5.41) is 0. The Labute approximate surface area is 87.0 Å². The molecule has 1 rings (SSSR count). The minimum atomic E-state index is -3.25. The van der Waals surface area contributed by atoms with Gasteiger partial charge in [0.1, 0.15) is 0 Å². The van der Waals surface area contributed by atoms with Crippen molar-refractivity contribution in [2.45, 2.75) is 39.0 Å². The molecule has 1 aliphatic carbocycles. The van der Waals surface area contributed by atoms with Crippen LogP contribution < -0.4 is 0 Å². The first-order valence-electron chi connectivity index (χ1n) is 5.35. The van der Waals surface area contributed by atoms with E-state index in [1.165, 1.54) is 19.3 Å². The van der Waals surface area contributed by atoms with E-state index in [4.69, 9.17) is 4.18 Å². The molecule has 0 amide bonds. The zero-order chi connectivity index (χ0) is 10.6. The summed E-state index contributed by atoms with van der Waals surface area (Å²) in [4.78, 5) is 0. The summed E-state index contributed by atoms with van der Waals surface area (Å²) >= 11 is 0. The molecule has 0 aromatic carbocycles. The van der Waals surface area contributed by atoms with Crippen molar-refractivity contribution in [3.63, 3.8) is 0 Å².